The fourth-order valence-electron chi connectivity index (χ4n) is 3.03. The summed E-state index contributed by atoms with van der Waals surface area (Å²) in [6.45, 7) is 2.06. The molecule has 1 unspecified atom stereocenters. The quantitative estimate of drug-likeness (QED) is 0.346. The fourth-order valence-corrected chi connectivity index (χ4v) is 3.03. The van der Waals surface area contributed by atoms with E-state index in [1.807, 2.05) is 0 Å². The summed E-state index contributed by atoms with van der Waals surface area (Å²) >= 11 is 0. The zero-order valence-electron chi connectivity index (χ0n) is 15.9. The van der Waals surface area contributed by atoms with Crippen LogP contribution in [0.1, 0.15) is 81.6 Å². The Kier molecular flexibility index (Phi) is 11.9. The number of aliphatic hydroxyl groups is 1. The van der Waals surface area contributed by atoms with Crippen LogP contribution in [0.5, 0.6) is 0 Å². The summed E-state index contributed by atoms with van der Waals surface area (Å²) in [5.41, 5.74) is -0.198. The van der Waals surface area contributed by atoms with Crippen LogP contribution in [0, 0.1) is 5.82 Å². The van der Waals surface area contributed by atoms with Gasteiger partial charge in [-0.05, 0) is 25.8 Å². The van der Waals surface area contributed by atoms with Crippen LogP contribution < -0.4 is 0 Å². The summed E-state index contributed by atoms with van der Waals surface area (Å²) < 4.78 is 34.0. The largest absolute Gasteiger partial charge is 0.461 e. The number of hydrogen-bond donors (Lipinski definition) is 1. The van der Waals surface area contributed by atoms with Gasteiger partial charge in [-0.1, -0.05) is 51.4 Å². The molecule has 0 aromatic carbocycles. The van der Waals surface area contributed by atoms with E-state index in [1.54, 1.807) is 6.92 Å². The lowest BCUT2D eigenvalue weighted by Crippen LogP contribution is -2.18. The molecule has 1 aromatic heterocycles. The third-order valence-corrected chi connectivity index (χ3v) is 4.45. The van der Waals surface area contributed by atoms with E-state index in [2.05, 4.69) is 0 Å². The molecule has 0 radical (unpaired) electrons. The van der Waals surface area contributed by atoms with Gasteiger partial charge >= 0.3 is 5.97 Å². The van der Waals surface area contributed by atoms with Crippen LogP contribution in [0.4, 0.5) is 8.78 Å². The number of unbranched alkanes of at least 4 members (excludes halogenated alkanes) is 8. The number of rotatable bonds is 15. The van der Waals surface area contributed by atoms with Crippen LogP contribution in [0.2, 0.25) is 0 Å². The Labute approximate surface area is 155 Å². The molecule has 0 spiro atoms. The van der Waals surface area contributed by atoms with Crippen LogP contribution in [-0.2, 0) is 11.3 Å². The van der Waals surface area contributed by atoms with Crippen LogP contribution in [-0.4, -0.2) is 35.0 Å². The van der Waals surface area contributed by atoms with Crippen molar-refractivity contribution in [3.63, 3.8) is 0 Å². The number of hydrogen-bond acceptors (Lipinski definition) is 3. The molecular formula is C20H33F2NO3. The van der Waals surface area contributed by atoms with Gasteiger partial charge in [0.2, 0.25) is 0 Å². The molecule has 1 atom stereocenters. The third-order valence-electron chi connectivity index (χ3n) is 4.45. The minimum absolute atomic E-state index is 0.0249. The number of carbonyl (C=O) groups excluding carboxylic acids is 1. The van der Waals surface area contributed by atoms with Gasteiger partial charge in [0.1, 0.15) is 6.17 Å². The van der Waals surface area contributed by atoms with Gasteiger partial charge in [-0.15, -0.1) is 0 Å². The molecule has 0 fully saturated rings. The first-order valence-corrected chi connectivity index (χ1v) is 9.86. The summed E-state index contributed by atoms with van der Waals surface area (Å²) in [5.74, 6) is -1.42. The van der Waals surface area contributed by atoms with Crippen LogP contribution in [0.25, 0.3) is 0 Å². The molecule has 0 saturated heterocycles. The summed E-state index contributed by atoms with van der Waals surface area (Å²) in [6, 6.07) is 1.17. The van der Waals surface area contributed by atoms with E-state index < -0.39 is 18.0 Å². The molecule has 6 heteroatoms. The zero-order chi connectivity index (χ0) is 19.2. The Balaban J connectivity index is 2.17. The first-order chi connectivity index (χ1) is 12.6. The first kappa shape index (κ1) is 22.6. The van der Waals surface area contributed by atoms with Crippen molar-refractivity contribution in [3.8, 4) is 0 Å². The topological polar surface area (TPSA) is 51.5 Å². The van der Waals surface area contributed by atoms with Crippen molar-refractivity contribution in [1.82, 2.24) is 4.57 Å². The lowest BCUT2D eigenvalue weighted by molar-refractivity contribution is 0.0506. The number of esters is 1. The predicted molar refractivity (Wildman–Crippen MR) is 98.5 cm³/mol. The number of alkyl halides is 1. The second kappa shape index (κ2) is 13.7. The monoisotopic (exact) mass is 373 g/mol. The molecule has 0 amide bonds. The number of nitrogens with zero attached hydrogens (tertiary/aromatic N) is 1. The van der Waals surface area contributed by atoms with Gasteiger partial charge in [-0.25, -0.2) is 13.6 Å². The highest BCUT2D eigenvalue weighted by molar-refractivity contribution is 5.88. The molecule has 0 aliphatic heterocycles. The molecule has 1 rings (SSSR count). The van der Waals surface area contributed by atoms with E-state index >= 15 is 0 Å². The van der Waals surface area contributed by atoms with Gasteiger partial charge < -0.3 is 14.4 Å². The number of aromatic nitrogens is 1. The van der Waals surface area contributed by atoms with Gasteiger partial charge in [-0.2, -0.15) is 0 Å². The van der Waals surface area contributed by atoms with Crippen molar-refractivity contribution < 1.29 is 23.4 Å². The minimum Gasteiger partial charge on any atom is -0.461 e. The van der Waals surface area contributed by atoms with Crippen molar-refractivity contribution in [3.05, 3.63) is 23.8 Å². The molecule has 1 aromatic rings. The maximum absolute atomic E-state index is 14.2. The molecule has 0 bridgehead atoms. The summed E-state index contributed by atoms with van der Waals surface area (Å²) in [4.78, 5) is 11.8. The SMILES string of the molecule is CCOC(=O)c1c(F)ccn1CC(F)CCCCCCCCCCCO. The standard InChI is InChI=1S/C20H33F2NO3/c1-2-26-20(25)19-18(22)13-14-23(19)16-17(21)12-10-8-6-4-3-5-7-9-11-15-24/h13-14,17,24H,2-12,15-16H2,1H3. The van der Waals surface area contributed by atoms with Crippen molar-refractivity contribution in [1.29, 1.82) is 0 Å². The summed E-state index contributed by atoms with van der Waals surface area (Å²) in [5, 5.41) is 8.70. The third kappa shape index (κ3) is 8.79. The second-order valence-corrected chi connectivity index (χ2v) is 6.68. The number of halogens is 2. The molecule has 4 nitrogen and oxygen atoms in total. The molecule has 1 N–H and O–H groups in total. The molecule has 150 valence electrons. The lowest BCUT2D eigenvalue weighted by atomic mass is 10.1. The minimum atomic E-state index is -1.10. The van der Waals surface area contributed by atoms with Crippen LogP contribution in [0.3, 0.4) is 0 Å². The van der Waals surface area contributed by atoms with Gasteiger partial charge in [0.25, 0.3) is 0 Å². The molecule has 26 heavy (non-hydrogen) atoms. The normalized spacial score (nSPS) is 12.3. The molecule has 0 aliphatic rings. The Morgan fingerprint density at radius 3 is 2.27 bits per heavy atom. The molecule has 1 heterocycles. The summed E-state index contributed by atoms with van der Waals surface area (Å²) in [7, 11) is 0. The smallest absolute Gasteiger partial charge is 0.358 e. The Bertz CT molecular complexity index is 505. The Morgan fingerprint density at radius 2 is 1.69 bits per heavy atom. The highest BCUT2D eigenvalue weighted by atomic mass is 19.1. The van der Waals surface area contributed by atoms with Crippen molar-refractivity contribution in [2.24, 2.45) is 0 Å². The van der Waals surface area contributed by atoms with Crippen molar-refractivity contribution in [2.75, 3.05) is 13.2 Å². The zero-order valence-corrected chi connectivity index (χ0v) is 15.9. The molecular weight excluding hydrogens is 340 g/mol. The number of carbonyl (C=O) groups is 1. The Hall–Kier alpha value is -1.43. The van der Waals surface area contributed by atoms with E-state index in [9.17, 15) is 13.6 Å². The predicted octanol–water partition coefficient (Wildman–Crippen LogP) is 5.04. The average molecular weight is 373 g/mol. The van der Waals surface area contributed by atoms with E-state index in [0.29, 0.717) is 6.42 Å². The molecule has 0 saturated carbocycles. The van der Waals surface area contributed by atoms with Crippen LogP contribution >= 0.6 is 0 Å². The highest BCUT2D eigenvalue weighted by Crippen LogP contribution is 2.16. The second-order valence-electron chi connectivity index (χ2n) is 6.68. The van der Waals surface area contributed by atoms with Crippen LogP contribution in [0.15, 0.2) is 12.3 Å². The maximum atomic E-state index is 14.2. The van der Waals surface area contributed by atoms with E-state index in [1.165, 1.54) is 36.1 Å². The van der Waals surface area contributed by atoms with Crippen molar-refractivity contribution >= 4 is 5.97 Å². The van der Waals surface area contributed by atoms with Gasteiger partial charge in [0.15, 0.2) is 11.5 Å². The number of aliphatic hydroxyl groups excluding tert-OH is 1. The average Bonchev–Trinajstić information content (AvgIpc) is 2.97. The van der Waals surface area contributed by atoms with E-state index in [0.717, 1.165) is 38.5 Å². The van der Waals surface area contributed by atoms with E-state index in [-0.39, 0.29) is 25.5 Å². The fraction of sp³-hybridized carbons (Fsp3) is 0.750. The van der Waals surface area contributed by atoms with Gasteiger partial charge in [0.05, 0.1) is 13.2 Å². The maximum Gasteiger partial charge on any atom is 0.358 e. The Morgan fingerprint density at radius 1 is 1.12 bits per heavy atom. The molecule has 0 aliphatic carbocycles. The first-order valence-electron chi connectivity index (χ1n) is 9.86. The van der Waals surface area contributed by atoms with E-state index in [4.69, 9.17) is 9.84 Å². The van der Waals surface area contributed by atoms with Gasteiger partial charge in [-0.3, -0.25) is 0 Å². The highest BCUT2D eigenvalue weighted by Gasteiger charge is 2.20. The van der Waals surface area contributed by atoms with Crippen molar-refractivity contribution in [2.45, 2.75) is 83.8 Å². The summed E-state index contributed by atoms with van der Waals surface area (Å²) in [6.07, 6.45) is 10.3. The van der Waals surface area contributed by atoms with Gasteiger partial charge in [0, 0.05) is 12.8 Å². The lowest BCUT2D eigenvalue weighted by Gasteiger charge is -2.12. The number of ether oxygens (including phenoxy) is 1.